The van der Waals surface area contributed by atoms with Gasteiger partial charge < -0.3 is 5.32 Å². The highest BCUT2D eigenvalue weighted by Crippen LogP contribution is 2.21. The van der Waals surface area contributed by atoms with E-state index in [4.69, 9.17) is 0 Å². The van der Waals surface area contributed by atoms with E-state index >= 15 is 0 Å². The van der Waals surface area contributed by atoms with Crippen molar-refractivity contribution in [1.29, 1.82) is 0 Å². The molecule has 2 unspecified atom stereocenters. The lowest BCUT2D eigenvalue weighted by atomic mass is 10.0. The maximum atomic E-state index is 3.46. The van der Waals surface area contributed by atoms with Gasteiger partial charge in [-0.05, 0) is 32.9 Å². The summed E-state index contributed by atoms with van der Waals surface area (Å²) in [6.45, 7) is 6.94. The lowest BCUT2D eigenvalue weighted by Crippen LogP contribution is -2.41. The molecule has 1 N–H and O–H groups in total. The fourth-order valence-corrected chi connectivity index (χ4v) is 3.75. The van der Waals surface area contributed by atoms with Crippen molar-refractivity contribution >= 4 is 11.8 Å². The first-order chi connectivity index (χ1) is 9.20. The van der Waals surface area contributed by atoms with Crippen LogP contribution in [0.3, 0.4) is 0 Å². The van der Waals surface area contributed by atoms with Crippen molar-refractivity contribution in [3.8, 4) is 0 Å². The van der Waals surface area contributed by atoms with Crippen LogP contribution in [0.2, 0.25) is 0 Å². The molecule has 1 fully saturated rings. The molecule has 1 aliphatic heterocycles. The van der Waals surface area contributed by atoms with Crippen LogP contribution in [0.4, 0.5) is 0 Å². The number of nitrogens with zero attached hydrogens (tertiary/aromatic N) is 1. The third-order valence-corrected chi connectivity index (χ3v) is 5.23. The average Bonchev–Trinajstić information content (AvgIpc) is 2.43. The lowest BCUT2D eigenvalue weighted by Gasteiger charge is -2.34. The van der Waals surface area contributed by atoms with Gasteiger partial charge in [-0.3, -0.25) is 4.90 Å². The van der Waals surface area contributed by atoms with Crippen LogP contribution in [0.1, 0.15) is 30.5 Å². The van der Waals surface area contributed by atoms with Crippen LogP contribution in [0.5, 0.6) is 0 Å². The summed E-state index contributed by atoms with van der Waals surface area (Å²) in [7, 11) is 2.07. The molecule has 2 nitrogen and oxygen atoms in total. The molecule has 0 radical (unpaired) electrons. The van der Waals surface area contributed by atoms with E-state index in [1.54, 1.807) is 0 Å². The standard InChI is InChI=1S/C16H26N2S/c1-13-4-6-15(7-5-13)16(17-3)8-9-18-10-11-19-12-14(18)2/h4-7,14,16-17H,8-12H2,1-3H3. The fourth-order valence-electron chi connectivity index (χ4n) is 2.67. The minimum Gasteiger partial charge on any atom is -0.313 e. The Kier molecular flexibility index (Phi) is 5.74. The number of benzene rings is 1. The summed E-state index contributed by atoms with van der Waals surface area (Å²) in [6.07, 6.45) is 1.19. The Morgan fingerprint density at radius 3 is 2.74 bits per heavy atom. The highest BCUT2D eigenvalue weighted by molar-refractivity contribution is 7.99. The molecule has 0 spiro atoms. The number of hydrogen-bond acceptors (Lipinski definition) is 3. The fraction of sp³-hybridized carbons (Fsp3) is 0.625. The molecule has 3 heteroatoms. The average molecular weight is 278 g/mol. The smallest absolute Gasteiger partial charge is 0.0329 e. The minimum absolute atomic E-state index is 0.474. The van der Waals surface area contributed by atoms with Crippen molar-refractivity contribution < 1.29 is 0 Å². The molecule has 1 saturated heterocycles. The number of nitrogens with one attached hydrogen (secondary N) is 1. The van der Waals surface area contributed by atoms with Crippen molar-refractivity contribution in [2.75, 3.05) is 31.6 Å². The summed E-state index contributed by atoms with van der Waals surface area (Å²) < 4.78 is 0. The van der Waals surface area contributed by atoms with Crippen molar-refractivity contribution in [3.05, 3.63) is 35.4 Å². The predicted molar refractivity (Wildman–Crippen MR) is 86.0 cm³/mol. The summed E-state index contributed by atoms with van der Waals surface area (Å²) in [5.41, 5.74) is 2.74. The van der Waals surface area contributed by atoms with Crippen LogP contribution >= 0.6 is 11.8 Å². The Labute approximate surface area is 122 Å². The highest BCUT2D eigenvalue weighted by atomic mass is 32.2. The molecule has 0 saturated carbocycles. The molecule has 1 heterocycles. The molecule has 1 aromatic carbocycles. The van der Waals surface area contributed by atoms with Crippen molar-refractivity contribution in [2.45, 2.75) is 32.4 Å². The van der Waals surface area contributed by atoms with E-state index in [1.807, 2.05) is 0 Å². The first kappa shape index (κ1) is 14.9. The molecule has 0 aliphatic carbocycles. The molecule has 106 valence electrons. The molecular weight excluding hydrogens is 252 g/mol. The zero-order chi connectivity index (χ0) is 13.7. The monoisotopic (exact) mass is 278 g/mol. The summed E-state index contributed by atoms with van der Waals surface area (Å²) in [4.78, 5) is 2.63. The summed E-state index contributed by atoms with van der Waals surface area (Å²) in [6, 6.07) is 10.1. The number of aryl methyl sites for hydroxylation is 1. The maximum Gasteiger partial charge on any atom is 0.0329 e. The normalized spacial score (nSPS) is 22.4. The molecule has 0 aromatic heterocycles. The lowest BCUT2D eigenvalue weighted by molar-refractivity contribution is 0.220. The number of hydrogen-bond donors (Lipinski definition) is 1. The van der Waals surface area contributed by atoms with Gasteiger partial charge in [0.05, 0.1) is 0 Å². The van der Waals surface area contributed by atoms with E-state index in [1.165, 1.54) is 42.1 Å². The predicted octanol–water partition coefficient (Wildman–Crippen LogP) is 3.08. The van der Waals surface area contributed by atoms with E-state index in [2.05, 4.69) is 67.1 Å². The second-order valence-corrected chi connectivity index (χ2v) is 6.65. The van der Waals surface area contributed by atoms with Crippen LogP contribution < -0.4 is 5.32 Å². The van der Waals surface area contributed by atoms with E-state index in [-0.39, 0.29) is 0 Å². The van der Waals surface area contributed by atoms with E-state index in [0.29, 0.717) is 6.04 Å². The summed E-state index contributed by atoms with van der Waals surface area (Å²) in [5.74, 6) is 2.58. The quantitative estimate of drug-likeness (QED) is 0.891. The zero-order valence-electron chi connectivity index (χ0n) is 12.4. The van der Waals surface area contributed by atoms with Gasteiger partial charge >= 0.3 is 0 Å². The Hall–Kier alpha value is -0.510. The van der Waals surface area contributed by atoms with Crippen molar-refractivity contribution in [1.82, 2.24) is 10.2 Å². The van der Waals surface area contributed by atoms with Gasteiger partial charge in [0.15, 0.2) is 0 Å². The topological polar surface area (TPSA) is 15.3 Å². The summed E-state index contributed by atoms with van der Waals surface area (Å²) in [5, 5.41) is 3.46. The van der Waals surface area contributed by atoms with Gasteiger partial charge in [-0.2, -0.15) is 11.8 Å². The molecule has 2 atom stereocenters. The van der Waals surface area contributed by atoms with Crippen molar-refractivity contribution in [2.24, 2.45) is 0 Å². The van der Waals surface area contributed by atoms with Crippen LogP contribution in [-0.4, -0.2) is 42.6 Å². The third kappa shape index (κ3) is 4.23. The zero-order valence-corrected chi connectivity index (χ0v) is 13.2. The molecule has 1 aliphatic rings. The van der Waals surface area contributed by atoms with Gasteiger partial charge in [0.25, 0.3) is 0 Å². The van der Waals surface area contributed by atoms with Crippen molar-refractivity contribution in [3.63, 3.8) is 0 Å². The number of thioether (sulfide) groups is 1. The van der Waals surface area contributed by atoms with Gasteiger partial charge in [0.1, 0.15) is 0 Å². The second-order valence-electron chi connectivity index (χ2n) is 5.50. The Morgan fingerprint density at radius 1 is 1.37 bits per heavy atom. The van der Waals surface area contributed by atoms with Gasteiger partial charge in [-0.1, -0.05) is 29.8 Å². The summed E-state index contributed by atoms with van der Waals surface area (Å²) >= 11 is 2.09. The highest BCUT2D eigenvalue weighted by Gasteiger charge is 2.19. The van der Waals surface area contributed by atoms with Crippen LogP contribution in [0.15, 0.2) is 24.3 Å². The minimum atomic E-state index is 0.474. The first-order valence-electron chi connectivity index (χ1n) is 7.26. The molecule has 0 amide bonds. The Bertz CT molecular complexity index is 377. The van der Waals surface area contributed by atoms with Gasteiger partial charge in [0, 0.05) is 36.7 Å². The van der Waals surface area contributed by atoms with Crippen LogP contribution in [0.25, 0.3) is 0 Å². The van der Waals surface area contributed by atoms with Crippen LogP contribution in [-0.2, 0) is 0 Å². The molecule has 19 heavy (non-hydrogen) atoms. The van der Waals surface area contributed by atoms with Gasteiger partial charge in [-0.25, -0.2) is 0 Å². The van der Waals surface area contributed by atoms with Gasteiger partial charge in [-0.15, -0.1) is 0 Å². The second kappa shape index (κ2) is 7.32. The SMILES string of the molecule is CNC(CCN1CCSCC1C)c1ccc(C)cc1. The largest absolute Gasteiger partial charge is 0.313 e. The van der Waals surface area contributed by atoms with Crippen LogP contribution in [0, 0.1) is 6.92 Å². The molecular formula is C16H26N2S. The molecule has 2 rings (SSSR count). The van der Waals surface area contributed by atoms with Gasteiger partial charge in [0.2, 0.25) is 0 Å². The number of rotatable bonds is 5. The Balaban J connectivity index is 1.90. The molecule has 1 aromatic rings. The molecule has 0 bridgehead atoms. The van der Waals surface area contributed by atoms with E-state index in [0.717, 1.165) is 6.04 Å². The van der Waals surface area contributed by atoms with E-state index in [9.17, 15) is 0 Å². The Morgan fingerprint density at radius 2 is 2.11 bits per heavy atom. The van der Waals surface area contributed by atoms with E-state index < -0.39 is 0 Å². The third-order valence-electron chi connectivity index (χ3n) is 4.04. The maximum absolute atomic E-state index is 3.46. The first-order valence-corrected chi connectivity index (χ1v) is 8.42.